The van der Waals surface area contributed by atoms with Crippen molar-refractivity contribution in [3.8, 4) is 0 Å². The van der Waals surface area contributed by atoms with E-state index in [9.17, 15) is 0 Å². The van der Waals surface area contributed by atoms with Gasteiger partial charge in [0.25, 0.3) is 0 Å². The monoisotopic (exact) mass is 738 g/mol. The van der Waals surface area contributed by atoms with E-state index in [1.165, 1.54) is 0 Å². The first kappa shape index (κ1) is 22.4. The van der Waals surface area contributed by atoms with Crippen LogP contribution in [-0.2, 0) is 0 Å². The third-order valence-electron chi connectivity index (χ3n) is 0. The molecule has 0 aliphatic heterocycles. The molecular weight excluding hydrogens is 736 g/mol. The molecule has 0 aromatic heterocycles. The van der Waals surface area contributed by atoms with Crippen LogP contribution in [0.2, 0.25) is 0 Å². The van der Waals surface area contributed by atoms with Crippen molar-refractivity contribution in [2.24, 2.45) is 0 Å². The van der Waals surface area contributed by atoms with Crippen LogP contribution < -0.4 is 0 Å². The first-order valence-electron chi connectivity index (χ1n) is 0.655. The predicted octanol–water partition coefficient (Wildman–Crippen LogP) is 0.101. The van der Waals surface area contributed by atoms with Gasteiger partial charge in [0.05, 0.1) is 0 Å². The van der Waals surface area contributed by atoms with Crippen LogP contribution >= 0.6 is 24.9 Å². The van der Waals surface area contributed by atoms with Gasteiger partial charge < -0.3 is 5.48 Å². The van der Waals surface area contributed by atoms with Crippen molar-refractivity contribution in [3.05, 3.63) is 0 Å². The van der Waals surface area contributed by atoms with Gasteiger partial charge in [0, 0.05) is 0 Å². The molecule has 0 amide bonds. The summed E-state index contributed by atoms with van der Waals surface area (Å²) < 4.78 is 0. The zero-order valence-corrected chi connectivity index (χ0v) is 19.1. The molecule has 0 atom stereocenters. The van der Waals surface area contributed by atoms with Gasteiger partial charge in [0.15, 0.2) is 0 Å². The first-order valence-corrected chi connectivity index (χ1v) is 17.2. The molecule has 2 N–H and O–H groups in total. The average molecular weight is 738 g/mol. The molecule has 7 heavy (non-hydrogen) atoms. The summed E-state index contributed by atoms with van der Waals surface area (Å²) in [4.78, 5) is 0. The predicted molar refractivity (Wildman–Crippen MR) is 38.4 cm³/mol. The van der Waals surface area contributed by atoms with Crippen molar-refractivity contribution >= 4 is 98.6 Å². The maximum atomic E-state index is 4.81. The second kappa shape index (κ2) is 54.8. The topological polar surface area (TPSA) is 31.5 Å². The second-order valence-electron chi connectivity index (χ2n) is 0. The minimum atomic E-state index is 0. The molecule has 38 valence electrons. The Morgan fingerprint density at radius 1 is 0.571 bits per heavy atom. The summed E-state index contributed by atoms with van der Waals surface area (Å²) in [5, 5.41) is 0. The summed E-state index contributed by atoms with van der Waals surface area (Å²) in [6, 6.07) is 0. The summed E-state index contributed by atoms with van der Waals surface area (Å²) in [5.74, 6) is 0. The van der Waals surface area contributed by atoms with Crippen LogP contribution in [0.4, 0.5) is 0 Å². The van der Waals surface area contributed by atoms with Crippen molar-refractivity contribution in [1.29, 1.82) is 0 Å². The Balaban J connectivity index is -0.00000000900. The van der Waals surface area contributed by atoms with Crippen molar-refractivity contribution in [2.75, 3.05) is 0 Å². The van der Waals surface area contributed by atoms with E-state index in [2.05, 4.69) is 0 Å². The molecule has 0 fully saturated rings. The van der Waals surface area contributed by atoms with E-state index >= 15 is 0 Å². The molecule has 0 radical (unpaired) electrons. The van der Waals surface area contributed by atoms with Gasteiger partial charge in [-0.1, -0.05) is 0 Å². The molecule has 7 heteroatoms. The van der Waals surface area contributed by atoms with Gasteiger partial charge in [0.2, 0.25) is 0 Å². The molecule has 1 nitrogen and oxygen atoms in total. The Labute approximate surface area is 102 Å². The molecule has 0 aromatic carbocycles. The van der Waals surface area contributed by atoms with Crippen molar-refractivity contribution < 1.29 is 5.48 Å². The summed E-state index contributed by atoms with van der Waals surface area (Å²) in [5.41, 5.74) is 0. The number of rotatable bonds is 0. The van der Waals surface area contributed by atoms with E-state index in [-0.39, 0.29) is 5.48 Å². The van der Waals surface area contributed by atoms with E-state index in [0.717, 1.165) is 0 Å². The standard InChI is InChI=1S/3ClH.H2O.3Tl/h3*1H;1H2;;;/q;;;;3*+1/p-3. The molecule has 0 rings (SSSR count). The number of hydrogen-bond acceptors (Lipinski definition) is 0. The fraction of sp³-hybridized carbons (Fsp3) is 0. The van der Waals surface area contributed by atoms with Gasteiger partial charge in [-0.25, -0.2) is 0 Å². The SMILES string of the molecule is O.[Cl][Tl].[Cl][Tl].[Cl][Tl]. The van der Waals surface area contributed by atoms with Crippen LogP contribution in [0.1, 0.15) is 0 Å². The van der Waals surface area contributed by atoms with E-state index in [1.54, 1.807) is 0 Å². The van der Waals surface area contributed by atoms with Crippen LogP contribution in [0.15, 0.2) is 0 Å². The molecule has 0 unspecified atom stereocenters. The van der Waals surface area contributed by atoms with E-state index in [0.29, 0.717) is 73.6 Å². The Kier molecular flexibility index (Phi) is 176. The third-order valence-corrected chi connectivity index (χ3v) is 0. The van der Waals surface area contributed by atoms with Crippen molar-refractivity contribution in [1.82, 2.24) is 0 Å². The Hall–Kier alpha value is 3.60. The zero-order valence-electron chi connectivity index (χ0n) is 3.37. The van der Waals surface area contributed by atoms with Gasteiger partial charge in [-0.2, -0.15) is 0 Å². The molecule has 0 saturated heterocycles. The van der Waals surface area contributed by atoms with E-state index in [1.807, 2.05) is 0 Å². The molecule has 0 saturated carbocycles. The number of halogens is 3. The molecule has 0 heterocycles. The molecule has 0 aliphatic carbocycles. The summed E-state index contributed by atoms with van der Waals surface area (Å²) >= 11 is 1.92. The zero-order chi connectivity index (χ0) is 6.00. The van der Waals surface area contributed by atoms with Crippen LogP contribution in [0, 0.1) is 0 Å². The van der Waals surface area contributed by atoms with Gasteiger partial charge in [-0.15, -0.1) is 0 Å². The average Bonchev–Trinajstić information content (AvgIpc) is 1.81. The fourth-order valence-electron chi connectivity index (χ4n) is 0. The number of hydrogen-bond donors (Lipinski definition) is 0. The summed E-state index contributed by atoms with van der Waals surface area (Å²) in [7, 11) is 14.4. The van der Waals surface area contributed by atoms with Crippen LogP contribution in [0.5, 0.6) is 0 Å². The van der Waals surface area contributed by atoms with Crippen molar-refractivity contribution in [2.45, 2.75) is 0 Å². The van der Waals surface area contributed by atoms with E-state index in [4.69, 9.17) is 24.9 Å². The minimum absolute atomic E-state index is 0. The first-order chi connectivity index (χ1) is 3.00. The Morgan fingerprint density at radius 3 is 0.571 bits per heavy atom. The van der Waals surface area contributed by atoms with Gasteiger partial charge in [-0.3, -0.25) is 0 Å². The second-order valence-corrected chi connectivity index (χ2v) is 0. The fourth-order valence-corrected chi connectivity index (χ4v) is 0. The van der Waals surface area contributed by atoms with Gasteiger partial charge >= 0.3 is 98.6 Å². The maximum absolute atomic E-state index is 4.81. The van der Waals surface area contributed by atoms with Crippen molar-refractivity contribution in [3.63, 3.8) is 0 Å². The Morgan fingerprint density at radius 2 is 0.571 bits per heavy atom. The van der Waals surface area contributed by atoms with Crippen LogP contribution in [-0.4, -0.2) is 79.1 Å². The molecule has 0 aliphatic rings. The van der Waals surface area contributed by atoms with Crippen LogP contribution in [0.3, 0.4) is 0 Å². The summed E-state index contributed by atoms with van der Waals surface area (Å²) in [6.45, 7) is 0. The molecule has 0 bridgehead atoms. The summed E-state index contributed by atoms with van der Waals surface area (Å²) in [6.07, 6.45) is 0. The van der Waals surface area contributed by atoms with Crippen LogP contribution in [0.25, 0.3) is 0 Å². The van der Waals surface area contributed by atoms with Gasteiger partial charge in [-0.05, 0) is 0 Å². The third kappa shape index (κ3) is 42.8. The van der Waals surface area contributed by atoms with Gasteiger partial charge in [0.1, 0.15) is 0 Å². The molecular formula is H2Cl3OTl3. The Bertz CT molecular complexity index is 10.1. The van der Waals surface area contributed by atoms with E-state index < -0.39 is 0 Å². The molecule has 0 spiro atoms. The normalized spacial score (nSPS) is 1.71. The quantitative estimate of drug-likeness (QED) is 0.317. The molecule has 0 aromatic rings.